The first kappa shape index (κ1) is 64.3. The lowest BCUT2D eigenvalue weighted by molar-refractivity contribution is -0.317. The second-order valence-corrected chi connectivity index (χ2v) is 24.2. The zero-order valence-electron chi connectivity index (χ0n) is 47.8. The number of aromatic carboxylic acids is 1. The van der Waals surface area contributed by atoms with Crippen LogP contribution in [0.25, 0.3) is 10.9 Å². The van der Waals surface area contributed by atoms with Gasteiger partial charge in [-0.25, -0.2) is 4.79 Å². The van der Waals surface area contributed by atoms with Crippen molar-refractivity contribution < 1.29 is 85.3 Å². The number of aryl methyl sites for hydroxylation is 2. The second-order valence-electron chi connectivity index (χ2n) is 22.5. The van der Waals surface area contributed by atoms with E-state index in [-0.39, 0.29) is 56.0 Å². The summed E-state index contributed by atoms with van der Waals surface area (Å²) in [5.41, 5.74) is -4.25. The van der Waals surface area contributed by atoms with E-state index >= 15 is 0 Å². The number of cyclic esters (lactones) is 1. The van der Waals surface area contributed by atoms with Crippen LogP contribution in [0.1, 0.15) is 124 Å². The number of carbonyl (C=O) groups is 3. The Bertz CT molecular complexity index is 2500. The molecule has 5 rings (SSSR count). The number of fused-ring (bicyclic) bond motifs is 1. The Hall–Kier alpha value is -3.49. The predicted molar refractivity (Wildman–Crippen MR) is 284 cm³/mol. The lowest BCUT2D eigenvalue weighted by atomic mass is 9.74. The van der Waals surface area contributed by atoms with Crippen LogP contribution in [-0.4, -0.2) is 188 Å². The number of carboxylic acids is 1. The number of ketones is 1. The van der Waals surface area contributed by atoms with Gasteiger partial charge >= 0.3 is 11.9 Å². The van der Waals surface area contributed by atoms with Gasteiger partial charge in [-0.3, -0.25) is 18.6 Å². The van der Waals surface area contributed by atoms with Crippen molar-refractivity contribution >= 4 is 38.7 Å². The average Bonchev–Trinajstić information content (AvgIpc) is 3.37. The normalized spacial score (nSPS) is 37.2. The number of aliphatic hydroxyl groups excluding tert-OH is 2. The minimum atomic E-state index is -4.27. The number of rotatable bonds is 19. The fraction of sp³-hybridized carbons (Fsp3) is 0.782. The Labute approximate surface area is 454 Å². The Balaban J connectivity index is 1.37. The summed E-state index contributed by atoms with van der Waals surface area (Å²) in [5, 5.41) is 45.1. The third kappa shape index (κ3) is 14.7. The highest BCUT2D eigenvalue weighted by Crippen LogP contribution is 2.42. The number of carbonyl (C=O) groups excluding carboxylic acids is 2. The summed E-state index contributed by atoms with van der Waals surface area (Å²) in [4.78, 5) is 55.4. The van der Waals surface area contributed by atoms with Crippen molar-refractivity contribution in [3.63, 3.8) is 0 Å². The van der Waals surface area contributed by atoms with Gasteiger partial charge in [-0.15, -0.1) is 0 Å². The highest BCUT2D eigenvalue weighted by Gasteiger charge is 2.55. The number of esters is 1. The van der Waals surface area contributed by atoms with E-state index in [2.05, 4.69) is 0 Å². The summed E-state index contributed by atoms with van der Waals surface area (Å²) in [6.45, 7) is 18.8. The van der Waals surface area contributed by atoms with Gasteiger partial charge in [-0.2, -0.15) is 8.42 Å². The largest absolute Gasteiger partial charge is 0.477 e. The number of ether oxygens (including phenoxy) is 8. The van der Waals surface area contributed by atoms with E-state index in [1.165, 1.54) is 34.3 Å². The number of benzene rings is 1. The molecule has 0 aliphatic carbocycles. The Kier molecular flexibility index (Phi) is 22.1. The van der Waals surface area contributed by atoms with Crippen molar-refractivity contribution in [1.82, 2.24) is 9.47 Å². The SMILES string of the molecule is CC[C@H]1OC(=O)[C@H](C)[C@@H](O[C@H]2C[C@@](C)(OC)[C@@H](OS(=O)(=O)CCOCCCc3ccc4c(c3)c(=O)c(C(=O)O)cn4CC)[C@H](C)O2)[C@H](C)[C@@H](O[C@@H]2O[C@H](C)C[C@H](N(C)C)[C@H]2O)[C@](C)(OC)C[C@@H](C)C(=O)[C@H](C)[C@@H](O)[C@]1(C)O. The van der Waals surface area contributed by atoms with E-state index in [1.54, 1.807) is 65.2 Å². The average molecular weight is 1110 g/mol. The summed E-state index contributed by atoms with van der Waals surface area (Å²) in [5.74, 6) is -6.86. The molecule has 0 saturated carbocycles. The third-order valence-corrected chi connectivity index (χ3v) is 17.6. The van der Waals surface area contributed by atoms with Crippen LogP contribution in [0.5, 0.6) is 0 Å². The molecule has 22 heteroatoms. The minimum Gasteiger partial charge on any atom is -0.477 e. The molecular formula is C55H88N2O19S. The number of hydrogen-bond donors (Lipinski definition) is 4. The highest BCUT2D eigenvalue weighted by atomic mass is 32.2. The topological polar surface area (TPSA) is 275 Å². The lowest BCUT2D eigenvalue weighted by Gasteiger charge is -2.50. The molecular weight excluding hydrogens is 1020 g/mol. The summed E-state index contributed by atoms with van der Waals surface area (Å²) < 4.78 is 85.4. The highest BCUT2D eigenvalue weighted by molar-refractivity contribution is 7.86. The van der Waals surface area contributed by atoms with E-state index in [9.17, 15) is 48.0 Å². The van der Waals surface area contributed by atoms with E-state index in [4.69, 9.17) is 42.1 Å². The van der Waals surface area contributed by atoms with Crippen molar-refractivity contribution in [3.8, 4) is 0 Å². The van der Waals surface area contributed by atoms with Gasteiger partial charge in [0, 0.05) is 69.2 Å². The molecule has 3 aliphatic rings. The molecule has 0 spiro atoms. The standard InChI is InChI=1S/C55H88N2O19S/c1-16-41-55(11,65)47(61)32(5)43(58)30(3)27-53(9,68-14)48(75-52-45(60)40(56(12)13)25-31(4)71-52)33(6)46(34(7)51(64)73-41)74-42-28-54(10,69-15)49(35(8)72-42)76-77(66,67)24-23-70-22-18-19-36-20-21-39-37(26-36)44(59)38(50(62)63)29-57(39)17-2/h20-21,26,29-35,40-42,45-49,52,60-61,65H,16-19,22-25,27-28H2,1-15H3,(H,62,63)/t30-,31-,32+,33+,34-,35+,40+,41-,42+,45-,46+,47-,48-,49+,52+,53-,54-,55-/m1/s1. The molecule has 1 aromatic carbocycles. The zero-order valence-corrected chi connectivity index (χ0v) is 48.6. The number of pyridine rings is 1. The van der Waals surface area contributed by atoms with E-state index in [0.29, 0.717) is 36.7 Å². The van der Waals surface area contributed by atoms with Crippen molar-refractivity contribution in [2.45, 2.75) is 205 Å². The quantitative estimate of drug-likeness (QED) is 0.0858. The van der Waals surface area contributed by atoms with Crippen LogP contribution in [0.3, 0.4) is 0 Å². The summed E-state index contributed by atoms with van der Waals surface area (Å²) in [6.07, 6.45) is -8.37. The first-order valence-corrected chi connectivity index (χ1v) is 28.6. The van der Waals surface area contributed by atoms with Crippen molar-refractivity contribution in [1.29, 1.82) is 0 Å². The van der Waals surface area contributed by atoms with E-state index in [1.807, 2.05) is 38.9 Å². The first-order valence-electron chi connectivity index (χ1n) is 27.0. The molecule has 18 atom stereocenters. The van der Waals surface area contributed by atoms with Gasteiger partial charge in [0.25, 0.3) is 10.1 Å². The van der Waals surface area contributed by atoms with Crippen molar-refractivity contribution in [2.24, 2.45) is 23.7 Å². The molecule has 0 unspecified atom stereocenters. The van der Waals surface area contributed by atoms with E-state index < -0.39 is 129 Å². The summed E-state index contributed by atoms with van der Waals surface area (Å²) in [6, 6.07) is 4.95. The predicted octanol–water partition coefficient (Wildman–Crippen LogP) is 4.48. The Morgan fingerprint density at radius 1 is 0.896 bits per heavy atom. The number of aliphatic hydroxyl groups is 3. The smallest absolute Gasteiger partial charge is 0.341 e. The van der Waals surface area contributed by atoms with Gasteiger partial charge in [-0.1, -0.05) is 33.8 Å². The van der Waals surface area contributed by atoms with Crippen LogP contribution in [-0.2, 0) is 74.8 Å². The molecule has 0 bridgehead atoms. The van der Waals surface area contributed by atoms with Crippen molar-refractivity contribution in [2.75, 3.05) is 47.3 Å². The van der Waals surface area contributed by atoms with Gasteiger partial charge in [0.15, 0.2) is 12.6 Å². The number of hydrogen-bond acceptors (Lipinski definition) is 19. The number of methoxy groups -OCH3 is 2. The summed E-state index contributed by atoms with van der Waals surface area (Å²) >= 11 is 0. The Morgan fingerprint density at radius 2 is 1.55 bits per heavy atom. The number of Topliss-reactive ketones (excluding diaryl/α,β-unsaturated/α-hetero) is 1. The van der Waals surface area contributed by atoms with Gasteiger partial charge in [-0.05, 0) is 112 Å². The molecule has 1 aromatic heterocycles. The van der Waals surface area contributed by atoms with Crippen LogP contribution in [0.2, 0.25) is 0 Å². The summed E-state index contributed by atoms with van der Waals surface area (Å²) in [7, 11) is 2.30. The second kappa shape index (κ2) is 26.4. The molecule has 3 fully saturated rings. The molecule has 3 aliphatic heterocycles. The van der Waals surface area contributed by atoms with Gasteiger partial charge in [0.05, 0.1) is 65.5 Å². The number of aromatic nitrogens is 1. The molecule has 21 nitrogen and oxygen atoms in total. The van der Waals surface area contributed by atoms with Crippen LogP contribution in [0, 0.1) is 23.7 Å². The molecule has 4 N–H and O–H groups in total. The van der Waals surface area contributed by atoms with Gasteiger partial charge < -0.3 is 67.8 Å². The molecule has 3 saturated heterocycles. The van der Waals surface area contributed by atoms with E-state index in [0.717, 1.165) is 5.56 Å². The van der Waals surface area contributed by atoms with Crippen LogP contribution in [0.15, 0.2) is 29.2 Å². The maximum absolute atomic E-state index is 14.6. The van der Waals surface area contributed by atoms with Crippen LogP contribution >= 0.6 is 0 Å². The van der Waals surface area contributed by atoms with Gasteiger partial charge in [0.2, 0.25) is 5.43 Å². The third-order valence-electron chi connectivity index (χ3n) is 16.4. The zero-order chi connectivity index (χ0) is 57.7. The van der Waals surface area contributed by atoms with Crippen LogP contribution in [0.4, 0.5) is 0 Å². The monoisotopic (exact) mass is 1110 g/mol. The fourth-order valence-corrected chi connectivity index (χ4v) is 12.7. The maximum Gasteiger partial charge on any atom is 0.341 e. The number of carboxylic acid groups (broad SMARTS) is 1. The molecule has 438 valence electrons. The van der Waals surface area contributed by atoms with Gasteiger partial charge in [0.1, 0.15) is 35.3 Å². The Morgan fingerprint density at radius 3 is 2.14 bits per heavy atom. The molecule has 2 aromatic rings. The fourth-order valence-electron chi connectivity index (χ4n) is 11.6. The van der Waals surface area contributed by atoms with Crippen LogP contribution < -0.4 is 5.43 Å². The van der Waals surface area contributed by atoms with Crippen molar-refractivity contribution in [3.05, 3.63) is 45.7 Å². The number of likely N-dealkylation sites (N-methyl/N-ethyl adjacent to an activating group) is 1. The number of nitrogens with zero attached hydrogens (tertiary/aromatic N) is 2. The lowest BCUT2D eigenvalue weighted by Crippen LogP contribution is -2.61. The molecule has 77 heavy (non-hydrogen) atoms. The molecule has 0 radical (unpaired) electrons. The molecule has 4 heterocycles. The molecule has 0 amide bonds. The maximum atomic E-state index is 14.6. The minimum absolute atomic E-state index is 0.0267. The first-order chi connectivity index (χ1) is 35.9.